The number of aromatic nitrogens is 4. The first-order chi connectivity index (χ1) is 18.6. The Bertz CT molecular complexity index is 1470. The van der Waals surface area contributed by atoms with Crippen LogP contribution in [0.25, 0.3) is 22.0 Å². The van der Waals surface area contributed by atoms with Gasteiger partial charge < -0.3 is 10.2 Å². The number of amides is 2. The molecule has 2 amide bonds. The average Bonchev–Trinajstić information content (AvgIpc) is 3.22. The van der Waals surface area contributed by atoms with Gasteiger partial charge in [-0.2, -0.15) is 5.10 Å². The number of carbonyl (C=O) groups excluding carboxylic acids is 3. The number of aryl methyl sites for hydroxylation is 2. The third-order valence-corrected chi connectivity index (χ3v) is 9.07. The van der Waals surface area contributed by atoms with E-state index < -0.39 is 6.04 Å². The van der Waals surface area contributed by atoms with Gasteiger partial charge in [0.05, 0.1) is 5.52 Å². The van der Waals surface area contributed by atoms with Crippen molar-refractivity contribution in [3.8, 4) is 11.1 Å². The van der Waals surface area contributed by atoms with Crippen LogP contribution in [-0.4, -0.2) is 60.9 Å². The van der Waals surface area contributed by atoms with Gasteiger partial charge in [0.15, 0.2) is 5.78 Å². The number of nitrogens with one attached hydrogen (secondary N) is 1. The fraction of sp³-hybridized carbons (Fsp3) is 0.533. The topological polar surface area (TPSA) is 110 Å². The fourth-order valence-corrected chi connectivity index (χ4v) is 6.48. The van der Waals surface area contributed by atoms with Crippen molar-refractivity contribution >= 4 is 28.5 Å². The highest BCUT2D eigenvalue weighted by Crippen LogP contribution is 2.59. The van der Waals surface area contributed by atoms with Crippen LogP contribution in [-0.2, 0) is 16.1 Å². The number of rotatable bonds is 8. The lowest BCUT2D eigenvalue weighted by molar-refractivity contribution is -0.140. The molecule has 9 heteroatoms. The summed E-state index contributed by atoms with van der Waals surface area (Å²) in [5.41, 5.74) is 3.73. The van der Waals surface area contributed by atoms with Gasteiger partial charge in [0.1, 0.15) is 24.1 Å². The number of hydrogen-bond donors (Lipinski definition) is 1. The van der Waals surface area contributed by atoms with Gasteiger partial charge in [-0.3, -0.25) is 19.1 Å². The molecule has 1 aliphatic heterocycles. The Kier molecular flexibility index (Phi) is 6.27. The first-order valence-corrected chi connectivity index (χ1v) is 14.0. The van der Waals surface area contributed by atoms with E-state index in [4.69, 9.17) is 0 Å². The summed E-state index contributed by atoms with van der Waals surface area (Å²) in [5.74, 6) is 1.07. The Morgan fingerprint density at radius 2 is 1.82 bits per heavy atom. The number of hydrogen-bond acceptors (Lipinski definition) is 6. The van der Waals surface area contributed by atoms with Crippen LogP contribution in [0.15, 0.2) is 24.5 Å². The minimum atomic E-state index is -0.453. The summed E-state index contributed by atoms with van der Waals surface area (Å²) in [6, 6.07) is 3.56. The van der Waals surface area contributed by atoms with Gasteiger partial charge in [0.2, 0.25) is 11.8 Å². The zero-order valence-corrected chi connectivity index (χ0v) is 23.2. The van der Waals surface area contributed by atoms with Crippen LogP contribution in [0, 0.1) is 25.2 Å². The van der Waals surface area contributed by atoms with Crippen molar-refractivity contribution in [2.75, 3.05) is 6.54 Å². The lowest BCUT2D eigenvalue weighted by Crippen LogP contribution is -2.49. The van der Waals surface area contributed by atoms with E-state index in [-0.39, 0.29) is 35.6 Å². The van der Waals surface area contributed by atoms with Crippen LogP contribution in [0.3, 0.4) is 0 Å². The second kappa shape index (κ2) is 9.54. The van der Waals surface area contributed by atoms with Crippen LogP contribution >= 0.6 is 0 Å². The molecule has 0 spiro atoms. The number of carbonyl (C=O) groups is 3. The third-order valence-electron chi connectivity index (χ3n) is 9.07. The largest absolute Gasteiger partial charge is 0.354 e. The standard InChI is InChI=1S/C30H36N6O3/c1-17-10-21(22-14-32-19(3)33-15-22)11-23-27(18(2)37)34-35(28(17)23)16-26(38)36-24(12-30(4)13-25(30)36)29(39)31-9-8-20-6-5-7-20/h10-11,14-15,20,24-25H,5-9,12-13,16H2,1-4H3,(H,31,39)/t24-,25+,30-/m0/s1. The fourth-order valence-electron chi connectivity index (χ4n) is 6.48. The molecule has 0 unspecified atom stereocenters. The molecule has 3 aromatic rings. The van der Waals surface area contributed by atoms with Gasteiger partial charge in [-0.15, -0.1) is 0 Å². The van der Waals surface area contributed by atoms with E-state index in [1.54, 1.807) is 22.0 Å². The lowest BCUT2D eigenvalue weighted by Gasteiger charge is -2.28. The van der Waals surface area contributed by atoms with Crippen molar-refractivity contribution in [3.63, 3.8) is 0 Å². The van der Waals surface area contributed by atoms with Gasteiger partial charge in [0.25, 0.3) is 0 Å². The minimum absolute atomic E-state index is 0.00327. The summed E-state index contributed by atoms with van der Waals surface area (Å²) in [7, 11) is 0. The molecule has 3 heterocycles. The molecule has 0 radical (unpaired) electrons. The molecule has 2 aliphatic carbocycles. The normalized spacial score (nSPS) is 23.9. The Labute approximate surface area is 228 Å². The van der Waals surface area contributed by atoms with Crippen LogP contribution < -0.4 is 5.32 Å². The molecule has 3 aliphatic rings. The minimum Gasteiger partial charge on any atom is -0.354 e. The smallest absolute Gasteiger partial charge is 0.245 e. The molecule has 9 nitrogen and oxygen atoms in total. The maximum Gasteiger partial charge on any atom is 0.245 e. The molecule has 0 bridgehead atoms. The molecule has 6 rings (SSSR count). The van der Waals surface area contributed by atoms with Crippen molar-refractivity contribution < 1.29 is 14.4 Å². The van der Waals surface area contributed by atoms with E-state index in [1.165, 1.54) is 26.2 Å². The Morgan fingerprint density at radius 1 is 1.08 bits per heavy atom. The molecule has 39 heavy (non-hydrogen) atoms. The maximum absolute atomic E-state index is 13.8. The van der Waals surface area contributed by atoms with Crippen molar-refractivity contribution in [3.05, 3.63) is 41.6 Å². The lowest BCUT2D eigenvalue weighted by atomic mass is 9.83. The maximum atomic E-state index is 13.8. The van der Waals surface area contributed by atoms with Crippen LogP contribution in [0.2, 0.25) is 0 Å². The summed E-state index contributed by atoms with van der Waals surface area (Å²) < 4.78 is 1.64. The summed E-state index contributed by atoms with van der Waals surface area (Å²) >= 11 is 0. The Hall–Kier alpha value is -3.62. The van der Waals surface area contributed by atoms with Gasteiger partial charge in [0, 0.05) is 42.9 Å². The second-order valence-corrected chi connectivity index (χ2v) is 12.0. The van der Waals surface area contributed by atoms with Crippen LogP contribution in [0.4, 0.5) is 0 Å². The van der Waals surface area contributed by atoms with Gasteiger partial charge in [-0.1, -0.05) is 26.2 Å². The first kappa shape index (κ1) is 25.6. The number of likely N-dealkylation sites (tertiary alicyclic amines) is 1. The Balaban J connectivity index is 1.26. The van der Waals surface area contributed by atoms with Gasteiger partial charge >= 0.3 is 0 Å². The monoisotopic (exact) mass is 528 g/mol. The van der Waals surface area contributed by atoms with Crippen LogP contribution in [0.1, 0.15) is 74.2 Å². The number of ketones is 1. The zero-order chi connectivity index (χ0) is 27.5. The summed E-state index contributed by atoms with van der Waals surface area (Å²) in [6.07, 6.45) is 9.95. The van der Waals surface area contributed by atoms with Crippen molar-refractivity contribution in [1.29, 1.82) is 0 Å². The number of nitrogens with zero attached hydrogens (tertiary/aromatic N) is 5. The van der Waals surface area contributed by atoms with E-state index in [1.807, 2.05) is 26.0 Å². The predicted molar refractivity (Wildman–Crippen MR) is 147 cm³/mol. The van der Waals surface area contributed by atoms with Gasteiger partial charge in [-0.25, -0.2) is 9.97 Å². The highest BCUT2D eigenvalue weighted by Gasteiger charge is 2.64. The quantitative estimate of drug-likeness (QED) is 0.443. The first-order valence-electron chi connectivity index (χ1n) is 14.0. The van der Waals surface area contributed by atoms with Crippen molar-refractivity contribution in [2.45, 2.75) is 84.8 Å². The molecular formula is C30H36N6O3. The number of benzene rings is 1. The summed E-state index contributed by atoms with van der Waals surface area (Å²) in [5, 5.41) is 8.41. The van der Waals surface area contributed by atoms with Crippen molar-refractivity contribution in [2.24, 2.45) is 11.3 Å². The SMILES string of the molecule is CC(=O)c1nn(CC(=O)N2[C@H](C(=O)NCCC3CCC3)C[C@@]3(C)C[C@@H]23)c2c(C)cc(-c3cnc(C)nc3)cc12. The number of fused-ring (bicyclic) bond motifs is 2. The molecule has 2 saturated carbocycles. The van der Waals surface area contributed by atoms with E-state index in [0.29, 0.717) is 29.9 Å². The molecule has 1 N–H and O–H groups in total. The van der Waals surface area contributed by atoms with Crippen LogP contribution in [0.5, 0.6) is 0 Å². The molecule has 2 aromatic heterocycles. The third kappa shape index (κ3) is 4.61. The predicted octanol–water partition coefficient (Wildman–Crippen LogP) is 4.00. The van der Waals surface area contributed by atoms with E-state index in [9.17, 15) is 14.4 Å². The van der Waals surface area contributed by atoms with Gasteiger partial charge in [-0.05, 0) is 67.7 Å². The van der Waals surface area contributed by atoms with E-state index >= 15 is 0 Å². The zero-order valence-electron chi connectivity index (χ0n) is 23.2. The summed E-state index contributed by atoms with van der Waals surface area (Å²) in [6.45, 7) is 8.10. The molecule has 1 saturated heterocycles. The summed E-state index contributed by atoms with van der Waals surface area (Å²) in [4.78, 5) is 50.0. The molecule has 3 atom stereocenters. The number of piperidine rings is 1. The van der Waals surface area contributed by atoms with E-state index in [0.717, 1.165) is 41.0 Å². The second-order valence-electron chi connectivity index (χ2n) is 12.0. The highest BCUT2D eigenvalue weighted by atomic mass is 16.2. The average molecular weight is 529 g/mol. The Morgan fingerprint density at radius 3 is 2.49 bits per heavy atom. The molecular weight excluding hydrogens is 492 g/mol. The molecule has 204 valence electrons. The number of Topliss-reactive ketones (excluding diaryl/α,β-unsaturated/α-hetero) is 1. The molecule has 1 aromatic carbocycles. The van der Waals surface area contributed by atoms with E-state index in [2.05, 4.69) is 27.3 Å². The molecule has 3 fully saturated rings. The van der Waals surface area contributed by atoms with Crippen molar-refractivity contribution in [1.82, 2.24) is 30.0 Å². The highest BCUT2D eigenvalue weighted by molar-refractivity contribution is 6.07.